The molecule has 0 saturated heterocycles. The highest BCUT2D eigenvalue weighted by molar-refractivity contribution is 7.85. The maximum Gasteiger partial charge on any atom is 0.0579 e. The first-order chi connectivity index (χ1) is 10.0. The second-order valence-corrected chi connectivity index (χ2v) is 7.17. The Hall–Kier alpha value is -1.45. The van der Waals surface area contributed by atoms with E-state index in [9.17, 15) is 4.21 Å². The van der Waals surface area contributed by atoms with Crippen molar-refractivity contribution in [2.45, 2.75) is 43.4 Å². The highest BCUT2D eigenvalue weighted by Gasteiger charge is 2.23. The van der Waals surface area contributed by atoms with Crippen molar-refractivity contribution in [1.29, 1.82) is 0 Å². The average molecular weight is 301 g/mol. The molecule has 0 spiro atoms. The Bertz CT molecular complexity index is 621. The van der Waals surface area contributed by atoms with Crippen LogP contribution in [0.25, 0.3) is 0 Å². The monoisotopic (exact) mass is 301 g/mol. The van der Waals surface area contributed by atoms with Crippen molar-refractivity contribution < 1.29 is 4.21 Å². The van der Waals surface area contributed by atoms with Crippen LogP contribution in [0.1, 0.15) is 36.6 Å². The van der Waals surface area contributed by atoms with Gasteiger partial charge in [-0.1, -0.05) is 49.4 Å². The van der Waals surface area contributed by atoms with Gasteiger partial charge in [-0.3, -0.25) is 4.21 Å². The normalized spacial score (nSPS) is 15.4. The first-order valence-electron chi connectivity index (χ1n) is 7.35. The summed E-state index contributed by atoms with van der Waals surface area (Å²) in [5.41, 5.74) is 9.71. The number of nitrogens with two attached hydrogens (primary N) is 1. The minimum absolute atomic E-state index is 0.126. The van der Waals surface area contributed by atoms with Gasteiger partial charge in [0, 0.05) is 10.9 Å². The zero-order valence-corrected chi connectivity index (χ0v) is 13.7. The summed E-state index contributed by atoms with van der Waals surface area (Å²) >= 11 is 0. The zero-order valence-electron chi connectivity index (χ0n) is 12.9. The molecule has 0 aliphatic rings. The van der Waals surface area contributed by atoms with Crippen LogP contribution in [0.2, 0.25) is 0 Å². The zero-order chi connectivity index (χ0) is 15.4. The molecule has 2 nitrogen and oxygen atoms in total. The summed E-state index contributed by atoms with van der Waals surface area (Å²) in [6.45, 7) is 6.08. The Morgan fingerprint density at radius 3 is 2.29 bits per heavy atom. The molecule has 3 atom stereocenters. The molecular weight excluding hydrogens is 278 g/mol. The van der Waals surface area contributed by atoms with Gasteiger partial charge in [0.25, 0.3) is 0 Å². The molecule has 112 valence electrons. The molecule has 3 heteroatoms. The Kier molecular flexibility index (Phi) is 5.32. The molecule has 0 saturated carbocycles. The van der Waals surface area contributed by atoms with E-state index in [1.54, 1.807) is 0 Å². The molecule has 21 heavy (non-hydrogen) atoms. The van der Waals surface area contributed by atoms with Gasteiger partial charge in [0.1, 0.15) is 0 Å². The van der Waals surface area contributed by atoms with Gasteiger partial charge in [-0.25, -0.2) is 0 Å². The van der Waals surface area contributed by atoms with E-state index in [2.05, 4.69) is 31.2 Å². The Morgan fingerprint density at radius 1 is 1.10 bits per heavy atom. The predicted molar refractivity (Wildman–Crippen MR) is 89.8 cm³/mol. The van der Waals surface area contributed by atoms with Crippen molar-refractivity contribution in [3.8, 4) is 0 Å². The van der Waals surface area contributed by atoms with Gasteiger partial charge in [-0.2, -0.15) is 0 Å². The summed E-state index contributed by atoms with van der Waals surface area (Å²) < 4.78 is 12.7. The molecule has 0 heterocycles. The largest absolute Gasteiger partial charge is 0.323 e. The van der Waals surface area contributed by atoms with E-state index in [0.29, 0.717) is 0 Å². The first kappa shape index (κ1) is 15.9. The van der Waals surface area contributed by atoms with Crippen molar-refractivity contribution >= 4 is 10.8 Å². The average Bonchev–Trinajstić information content (AvgIpc) is 2.53. The molecule has 2 aromatic rings. The van der Waals surface area contributed by atoms with E-state index in [4.69, 9.17) is 5.73 Å². The molecule has 0 aliphatic heterocycles. The number of aryl methyl sites for hydroxylation is 2. The summed E-state index contributed by atoms with van der Waals surface area (Å²) in [7, 11) is -1.10. The number of benzene rings is 2. The van der Waals surface area contributed by atoms with E-state index in [1.165, 1.54) is 5.56 Å². The standard InChI is InChI=1S/C18H23NOS/c1-4-15-9-11-16(12-10-15)18(19)14(3)21(20)17-8-6-5-7-13(17)2/h5-12,14,18H,4,19H2,1-3H3. The maximum atomic E-state index is 12.7. The summed E-state index contributed by atoms with van der Waals surface area (Å²) in [6, 6.07) is 15.9. The van der Waals surface area contributed by atoms with Gasteiger partial charge in [0.2, 0.25) is 0 Å². The highest BCUT2D eigenvalue weighted by atomic mass is 32.2. The van der Waals surface area contributed by atoms with E-state index in [-0.39, 0.29) is 11.3 Å². The van der Waals surface area contributed by atoms with Crippen molar-refractivity contribution in [3.05, 3.63) is 65.2 Å². The van der Waals surface area contributed by atoms with Gasteiger partial charge >= 0.3 is 0 Å². The topological polar surface area (TPSA) is 43.1 Å². The van der Waals surface area contributed by atoms with Gasteiger partial charge in [0.15, 0.2) is 0 Å². The molecular formula is C18H23NOS. The fraction of sp³-hybridized carbons (Fsp3) is 0.333. The lowest BCUT2D eigenvalue weighted by atomic mass is 10.0. The van der Waals surface area contributed by atoms with Crippen LogP contribution >= 0.6 is 0 Å². The lowest BCUT2D eigenvalue weighted by molar-refractivity contribution is 0.642. The fourth-order valence-corrected chi connectivity index (χ4v) is 3.78. The second-order valence-electron chi connectivity index (χ2n) is 5.39. The van der Waals surface area contributed by atoms with E-state index >= 15 is 0 Å². The van der Waals surface area contributed by atoms with Crippen LogP contribution in [-0.4, -0.2) is 9.46 Å². The minimum Gasteiger partial charge on any atom is -0.323 e. The van der Waals surface area contributed by atoms with E-state index < -0.39 is 10.8 Å². The number of hydrogen-bond donors (Lipinski definition) is 1. The Morgan fingerprint density at radius 2 is 1.71 bits per heavy atom. The molecule has 0 aliphatic carbocycles. The lowest BCUT2D eigenvalue weighted by Crippen LogP contribution is -2.28. The predicted octanol–water partition coefficient (Wildman–Crippen LogP) is 3.75. The van der Waals surface area contributed by atoms with Crippen LogP contribution < -0.4 is 5.73 Å². The van der Waals surface area contributed by atoms with Crippen LogP contribution in [0.5, 0.6) is 0 Å². The Labute approximate surface area is 129 Å². The summed E-state index contributed by atoms with van der Waals surface area (Å²) in [4.78, 5) is 0.880. The van der Waals surface area contributed by atoms with Gasteiger partial charge in [-0.05, 0) is 43.0 Å². The minimum atomic E-state index is -1.10. The van der Waals surface area contributed by atoms with Crippen LogP contribution in [0.3, 0.4) is 0 Å². The number of rotatable bonds is 5. The highest BCUT2D eigenvalue weighted by Crippen LogP contribution is 2.24. The van der Waals surface area contributed by atoms with Crippen molar-refractivity contribution in [3.63, 3.8) is 0 Å². The summed E-state index contributed by atoms with van der Waals surface area (Å²) in [5, 5.41) is -0.126. The van der Waals surface area contributed by atoms with Crippen LogP contribution in [0.4, 0.5) is 0 Å². The fourth-order valence-electron chi connectivity index (χ4n) is 2.36. The Balaban J connectivity index is 2.20. The van der Waals surface area contributed by atoms with E-state index in [1.807, 2.05) is 38.1 Å². The van der Waals surface area contributed by atoms with Gasteiger partial charge < -0.3 is 5.73 Å². The number of hydrogen-bond acceptors (Lipinski definition) is 2. The summed E-state index contributed by atoms with van der Waals surface area (Å²) in [5.74, 6) is 0. The van der Waals surface area contributed by atoms with Crippen molar-refractivity contribution in [2.24, 2.45) is 5.73 Å². The third-order valence-corrected chi connectivity index (χ3v) is 5.79. The molecule has 0 bridgehead atoms. The third kappa shape index (κ3) is 3.60. The summed E-state index contributed by atoms with van der Waals surface area (Å²) in [6.07, 6.45) is 1.01. The molecule has 3 unspecified atom stereocenters. The van der Waals surface area contributed by atoms with Crippen LogP contribution in [0.15, 0.2) is 53.4 Å². The SMILES string of the molecule is CCc1ccc(C(N)C(C)S(=O)c2ccccc2C)cc1. The second kappa shape index (κ2) is 7.01. The molecule has 0 amide bonds. The van der Waals surface area contributed by atoms with Crippen LogP contribution in [0, 0.1) is 6.92 Å². The van der Waals surface area contributed by atoms with Crippen LogP contribution in [-0.2, 0) is 17.2 Å². The molecule has 0 fully saturated rings. The molecule has 2 N–H and O–H groups in total. The van der Waals surface area contributed by atoms with E-state index in [0.717, 1.165) is 22.4 Å². The van der Waals surface area contributed by atoms with Gasteiger partial charge in [-0.15, -0.1) is 0 Å². The van der Waals surface area contributed by atoms with Crippen molar-refractivity contribution in [2.75, 3.05) is 0 Å². The van der Waals surface area contributed by atoms with Crippen molar-refractivity contribution in [1.82, 2.24) is 0 Å². The molecule has 2 aromatic carbocycles. The lowest BCUT2D eigenvalue weighted by Gasteiger charge is -2.21. The van der Waals surface area contributed by atoms with Gasteiger partial charge in [0.05, 0.1) is 16.0 Å². The molecule has 0 aromatic heterocycles. The smallest absolute Gasteiger partial charge is 0.0579 e. The third-order valence-electron chi connectivity index (χ3n) is 3.93. The first-order valence-corrected chi connectivity index (χ1v) is 8.56. The molecule has 0 radical (unpaired) electrons. The maximum absolute atomic E-state index is 12.7. The quantitative estimate of drug-likeness (QED) is 0.914. The molecule has 2 rings (SSSR count).